The summed E-state index contributed by atoms with van der Waals surface area (Å²) in [5, 5.41) is 14.2. The smallest absolute Gasteiger partial charge is 0.475 e. The average Bonchev–Trinajstić information content (AvgIpc) is 3.15. The Labute approximate surface area is 175 Å². The second kappa shape index (κ2) is 10.2. The number of carboxylic acids is 1. The van der Waals surface area contributed by atoms with Gasteiger partial charge in [-0.05, 0) is 31.0 Å². The number of pyridine rings is 1. The number of aryl methyl sites for hydroxylation is 1. The summed E-state index contributed by atoms with van der Waals surface area (Å²) in [6.45, 7) is 1.41. The van der Waals surface area contributed by atoms with E-state index in [1.54, 1.807) is 6.20 Å². The van der Waals surface area contributed by atoms with Crippen LogP contribution in [-0.2, 0) is 29.1 Å². The summed E-state index contributed by atoms with van der Waals surface area (Å²) >= 11 is 0. The van der Waals surface area contributed by atoms with Crippen molar-refractivity contribution in [3.63, 3.8) is 0 Å². The Hall–Kier alpha value is -2.81. The van der Waals surface area contributed by atoms with Crippen molar-refractivity contribution in [1.29, 1.82) is 0 Å². The molecule has 3 rings (SSSR count). The van der Waals surface area contributed by atoms with Crippen LogP contribution in [0.3, 0.4) is 0 Å². The second-order valence-corrected chi connectivity index (χ2v) is 6.52. The number of rotatable bonds is 6. The van der Waals surface area contributed by atoms with Gasteiger partial charge in [0, 0.05) is 24.0 Å². The molecule has 15 heteroatoms. The Morgan fingerprint density at radius 3 is 2.56 bits per heavy atom. The van der Waals surface area contributed by atoms with Crippen LogP contribution in [0.4, 0.5) is 30.7 Å². The number of hydrogen-bond acceptors (Lipinski definition) is 7. The van der Waals surface area contributed by atoms with Crippen molar-refractivity contribution in [2.45, 2.75) is 45.0 Å². The molecule has 8 nitrogen and oxygen atoms in total. The Kier molecular flexibility index (Phi) is 8.12. The van der Waals surface area contributed by atoms with E-state index in [2.05, 4.69) is 25.2 Å². The molecule has 3 heterocycles. The summed E-state index contributed by atoms with van der Waals surface area (Å²) in [6.07, 6.45) is -6.31. The molecule has 1 aliphatic heterocycles. The average molecular weight is 474 g/mol. The molecule has 0 radical (unpaired) electrons. The van der Waals surface area contributed by atoms with Gasteiger partial charge in [0.25, 0.3) is 5.89 Å². The zero-order valence-electron chi connectivity index (χ0n) is 16.3. The summed E-state index contributed by atoms with van der Waals surface area (Å²) < 4.78 is 91.1. The van der Waals surface area contributed by atoms with Crippen LogP contribution >= 0.6 is 0 Å². The first-order chi connectivity index (χ1) is 14.8. The fourth-order valence-electron chi connectivity index (χ4n) is 2.62. The largest absolute Gasteiger partial charge is 0.490 e. The number of nitrogens with one attached hydrogen (secondary N) is 1. The molecule has 0 aliphatic carbocycles. The molecule has 0 amide bonds. The number of carbonyl (C=O) groups is 1. The van der Waals surface area contributed by atoms with E-state index in [4.69, 9.17) is 14.4 Å². The molecule has 32 heavy (non-hydrogen) atoms. The van der Waals surface area contributed by atoms with Crippen LogP contribution in [0.5, 0.6) is 0 Å². The van der Waals surface area contributed by atoms with Crippen LogP contribution in [0.15, 0.2) is 10.7 Å². The van der Waals surface area contributed by atoms with Gasteiger partial charge in [-0.1, -0.05) is 5.16 Å². The lowest BCUT2D eigenvalue weighted by Crippen LogP contribution is -2.32. The Morgan fingerprint density at radius 2 is 1.97 bits per heavy atom. The van der Waals surface area contributed by atoms with E-state index in [0.717, 1.165) is 35.3 Å². The Morgan fingerprint density at radius 1 is 1.31 bits per heavy atom. The number of hydrogen-bond donors (Lipinski definition) is 2. The van der Waals surface area contributed by atoms with Crippen molar-refractivity contribution in [2.75, 3.05) is 13.2 Å². The Bertz CT molecular complexity index is 934. The maximum absolute atomic E-state index is 12.8. The molecule has 0 fully saturated rings. The third kappa shape index (κ3) is 6.59. The summed E-state index contributed by atoms with van der Waals surface area (Å²) in [6, 6.07) is 0. The molecule has 0 bridgehead atoms. The van der Waals surface area contributed by atoms with Crippen molar-refractivity contribution >= 4 is 5.97 Å². The first kappa shape index (κ1) is 25.5. The standard InChI is InChI=1S/C15H16F4N4O2.C2HF3O2/c1-8-12(10-2-3-20-4-9(10)5-21-8)13-22-11(25-23-13)6-24-7-15(18,19)14(16)17;3-2(4,5)1(6)7/h5,14,20H,2-4,6-7H2,1H3;(H,6,7). The molecule has 2 aromatic heterocycles. The van der Waals surface area contributed by atoms with Gasteiger partial charge < -0.3 is 19.7 Å². The topological polar surface area (TPSA) is 110 Å². The summed E-state index contributed by atoms with van der Waals surface area (Å²) in [5.41, 5.74) is 3.56. The van der Waals surface area contributed by atoms with Crippen LogP contribution in [0.1, 0.15) is 22.7 Å². The molecule has 178 valence electrons. The van der Waals surface area contributed by atoms with Gasteiger partial charge in [-0.2, -0.15) is 26.9 Å². The number of ether oxygens (including phenoxy) is 1. The second-order valence-electron chi connectivity index (χ2n) is 6.52. The van der Waals surface area contributed by atoms with Crippen LogP contribution < -0.4 is 5.32 Å². The molecule has 0 aromatic carbocycles. The SMILES string of the molecule is Cc1ncc2c(c1-c1noc(COCC(F)(F)C(F)F)n1)CCNC2.O=C(O)C(F)(F)F. The number of halogens is 7. The molecule has 0 saturated carbocycles. The lowest BCUT2D eigenvalue weighted by molar-refractivity contribution is -0.192. The number of alkyl halides is 7. The van der Waals surface area contributed by atoms with Gasteiger partial charge in [-0.25, -0.2) is 13.6 Å². The van der Waals surface area contributed by atoms with Crippen LogP contribution in [-0.4, -0.2) is 57.9 Å². The van der Waals surface area contributed by atoms with E-state index >= 15 is 0 Å². The molecule has 2 N–H and O–H groups in total. The molecule has 0 spiro atoms. The van der Waals surface area contributed by atoms with Crippen LogP contribution in [0, 0.1) is 6.92 Å². The minimum atomic E-state index is -5.08. The van der Waals surface area contributed by atoms with Gasteiger partial charge >= 0.3 is 24.5 Å². The maximum atomic E-state index is 12.8. The van der Waals surface area contributed by atoms with Gasteiger partial charge in [-0.3, -0.25) is 4.98 Å². The predicted molar refractivity (Wildman–Crippen MR) is 92.0 cm³/mol. The molecule has 2 aromatic rings. The molecule has 0 atom stereocenters. The highest BCUT2D eigenvalue weighted by Crippen LogP contribution is 2.29. The van der Waals surface area contributed by atoms with E-state index in [1.165, 1.54) is 0 Å². The normalized spacial score (nSPS) is 14.0. The highest BCUT2D eigenvalue weighted by atomic mass is 19.4. The van der Waals surface area contributed by atoms with Crippen molar-refractivity contribution in [2.24, 2.45) is 0 Å². The first-order valence-corrected chi connectivity index (χ1v) is 8.87. The molecule has 1 aliphatic rings. The van der Waals surface area contributed by atoms with Gasteiger partial charge in [-0.15, -0.1) is 0 Å². The first-order valence-electron chi connectivity index (χ1n) is 8.87. The van der Waals surface area contributed by atoms with E-state index in [0.29, 0.717) is 6.54 Å². The zero-order chi connectivity index (χ0) is 24.1. The summed E-state index contributed by atoms with van der Waals surface area (Å²) in [4.78, 5) is 17.3. The highest BCUT2D eigenvalue weighted by Gasteiger charge is 2.41. The monoisotopic (exact) mass is 474 g/mol. The number of carboxylic acid groups (broad SMARTS) is 1. The molecular weight excluding hydrogens is 457 g/mol. The van der Waals surface area contributed by atoms with Crippen LogP contribution in [0.2, 0.25) is 0 Å². The van der Waals surface area contributed by atoms with Crippen molar-refractivity contribution in [1.82, 2.24) is 20.4 Å². The number of aromatic nitrogens is 3. The fourth-order valence-corrected chi connectivity index (χ4v) is 2.62. The maximum Gasteiger partial charge on any atom is 0.490 e. The molecular formula is C17H17F7N4O4. The zero-order valence-corrected chi connectivity index (χ0v) is 16.3. The van der Waals surface area contributed by atoms with Gasteiger partial charge in [0.2, 0.25) is 5.82 Å². The van der Waals surface area contributed by atoms with Gasteiger partial charge in [0.15, 0.2) is 0 Å². The minimum absolute atomic E-state index is 0.0639. The van der Waals surface area contributed by atoms with Crippen molar-refractivity contribution < 1.29 is 49.9 Å². The lowest BCUT2D eigenvalue weighted by Gasteiger charge is -2.19. The van der Waals surface area contributed by atoms with Gasteiger partial charge in [0.05, 0.1) is 0 Å². The van der Waals surface area contributed by atoms with E-state index in [-0.39, 0.29) is 11.7 Å². The van der Waals surface area contributed by atoms with Crippen molar-refractivity contribution in [3.8, 4) is 11.4 Å². The van der Waals surface area contributed by atoms with Gasteiger partial charge in [0.1, 0.15) is 13.2 Å². The van der Waals surface area contributed by atoms with E-state index in [9.17, 15) is 30.7 Å². The number of aliphatic carboxylic acids is 1. The molecule has 0 unspecified atom stereocenters. The fraction of sp³-hybridized carbons (Fsp3) is 0.529. The van der Waals surface area contributed by atoms with Crippen molar-refractivity contribution in [3.05, 3.63) is 28.9 Å². The summed E-state index contributed by atoms with van der Waals surface area (Å²) in [5.74, 6) is -6.75. The Balaban J connectivity index is 0.000000451. The third-order valence-corrected chi connectivity index (χ3v) is 4.11. The van der Waals surface area contributed by atoms with Crippen LogP contribution in [0.25, 0.3) is 11.4 Å². The number of fused-ring (bicyclic) bond motifs is 1. The minimum Gasteiger partial charge on any atom is -0.475 e. The van der Waals surface area contributed by atoms with E-state index < -0.39 is 37.7 Å². The van der Waals surface area contributed by atoms with E-state index in [1.807, 2.05) is 6.92 Å². The quantitative estimate of drug-likeness (QED) is 0.615. The predicted octanol–water partition coefficient (Wildman–Crippen LogP) is 3.14. The lowest BCUT2D eigenvalue weighted by atomic mass is 9.95. The number of nitrogens with zero attached hydrogens (tertiary/aromatic N) is 3. The highest BCUT2D eigenvalue weighted by molar-refractivity contribution is 5.73. The summed E-state index contributed by atoms with van der Waals surface area (Å²) in [7, 11) is 0. The third-order valence-electron chi connectivity index (χ3n) is 4.11. The molecule has 0 saturated heterocycles.